The lowest BCUT2D eigenvalue weighted by atomic mass is 10.0. The highest BCUT2D eigenvalue weighted by Gasteiger charge is 2.33. The van der Waals surface area contributed by atoms with E-state index in [4.69, 9.17) is 4.74 Å². The number of esters is 1. The Morgan fingerprint density at radius 3 is 2.45 bits per heavy atom. The number of rotatable bonds is 4. The largest absolute Gasteiger partial charge is 0.441 e. The van der Waals surface area contributed by atoms with E-state index in [9.17, 15) is 13.2 Å². The standard InChI is InChI=1S/C15H18O4S/c1-12(16)19-15(13-8-4-2-5-9-13)20(17,18)14-10-6-3-7-11-14/h3,6-8,10-11,15H,2,4-5,9H2,1H3/t15-/m1/s1. The molecule has 0 saturated carbocycles. The molecular weight excluding hydrogens is 276 g/mol. The number of hydrogen-bond acceptors (Lipinski definition) is 4. The molecule has 0 fully saturated rings. The lowest BCUT2D eigenvalue weighted by Gasteiger charge is -2.23. The van der Waals surface area contributed by atoms with Gasteiger partial charge in [-0.2, -0.15) is 0 Å². The normalized spacial score (nSPS) is 17.1. The van der Waals surface area contributed by atoms with Crippen LogP contribution in [0.4, 0.5) is 0 Å². The maximum absolute atomic E-state index is 12.6. The molecule has 1 aliphatic rings. The molecule has 20 heavy (non-hydrogen) atoms. The summed E-state index contributed by atoms with van der Waals surface area (Å²) in [5.41, 5.74) is -0.502. The monoisotopic (exact) mass is 294 g/mol. The van der Waals surface area contributed by atoms with Crippen LogP contribution in [0.5, 0.6) is 0 Å². The molecule has 1 aromatic rings. The van der Waals surface area contributed by atoms with Crippen LogP contribution in [-0.4, -0.2) is 19.8 Å². The van der Waals surface area contributed by atoms with E-state index >= 15 is 0 Å². The fourth-order valence-electron chi connectivity index (χ4n) is 2.30. The van der Waals surface area contributed by atoms with Crippen molar-refractivity contribution in [3.8, 4) is 0 Å². The second-order valence-corrected chi connectivity index (χ2v) is 6.81. The van der Waals surface area contributed by atoms with Gasteiger partial charge in [-0.15, -0.1) is 0 Å². The Bertz CT molecular complexity index is 602. The predicted molar refractivity (Wildman–Crippen MR) is 75.7 cm³/mol. The van der Waals surface area contributed by atoms with Crippen molar-refractivity contribution in [1.29, 1.82) is 0 Å². The van der Waals surface area contributed by atoms with E-state index < -0.39 is 21.2 Å². The quantitative estimate of drug-likeness (QED) is 0.633. The fourth-order valence-corrected chi connectivity index (χ4v) is 3.96. The van der Waals surface area contributed by atoms with Gasteiger partial charge in [0.15, 0.2) is 0 Å². The van der Waals surface area contributed by atoms with E-state index in [1.165, 1.54) is 19.1 Å². The van der Waals surface area contributed by atoms with Crippen molar-refractivity contribution in [3.63, 3.8) is 0 Å². The molecule has 0 radical (unpaired) electrons. The Kier molecular flexibility index (Phi) is 4.60. The molecule has 108 valence electrons. The van der Waals surface area contributed by atoms with E-state index in [-0.39, 0.29) is 4.90 Å². The zero-order valence-electron chi connectivity index (χ0n) is 11.4. The molecule has 1 aromatic carbocycles. The zero-order chi connectivity index (χ0) is 14.6. The van der Waals surface area contributed by atoms with Crippen LogP contribution in [0, 0.1) is 0 Å². The van der Waals surface area contributed by atoms with Gasteiger partial charge in [0.05, 0.1) is 4.90 Å². The Labute approximate surface area is 119 Å². The third-order valence-corrected chi connectivity index (χ3v) is 5.15. The van der Waals surface area contributed by atoms with Crippen LogP contribution in [0.15, 0.2) is 46.9 Å². The third kappa shape index (κ3) is 3.28. The van der Waals surface area contributed by atoms with Gasteiger partial charge < -0.3 is 4.74 Å². The second-order valence-electron chi connectivity index (χ2n) is 4.82. The van der Waals surface area contributed by atoms with Crippen molar-refractivity contribution in [2.45, 2.75) is 42.9 Å². The number of carbonyl (C=O) groups excluding carboxylic acids is 1. The number of hydrogen-bond donors (Lipinski definition) is 0. The van der Waals surface area contributed by atoms with E-state index in [0.717, 1.165) is 19.3 Å². The van der Waals surface area contributed by atoms with Crippen LogP contribution in [-0.2, 0) is 19.4 Å². The van der Waals surface area contributed by atoms with Crippen molar-refractivity contribution in [2.75, 3.05) is 0 Å². The fraction of sp³-hybridized carbons (Fsp3) is 0.400. The van der Waals surface area contributed by atoms with Gasteiger partial charge in [-0.05, 0) is 43.4 Å². The summed E-state index contributed by atoms with van der Waals surface area (Å²) in [5.74, 6) is -0.582. The zero-order valence-corrected chi connectivity index (χ0v) is 12.2. The summed E-state index contributed by atoms with van der Waals surface area (Å²) < 4.78 is 30.4. The maximum Gasteiger partial charge on any atom is 0.304 e. The first-order valence-electron chi connectivity index (χ1n) is 6.67. The van der Waals surface area contributed by atoms with Gasteiger partial charge in [-0.1, -0.05) is 24.3 Å². The minimum atomic E-state index is -3.71. The van der Waals surface area contributed by atoms with Crippen molar-refractivity contribution >= 4 is 15.8 Å². The Morgan fingerprint density at radius 1 is 1.20 bits per heavy atom. The molecule has 0 N–H and O–H groups in total. The van der Waals surface area contributed by atoms with Gasteiger partial charge in [-0.25, -0.2) is 8.42 Å². The van der Waals surface area contributed by atoms with Crippen molar-refractivity contribution < 1.29 is 17.9 Å². The lowest BCUT2D eigenvalue weighted by Crippen LogP contribution is -2.29. The van der Waals surface area contributed by atoms with Crippen LogP contribution in [0.3, 0.4) is 0 Å². The number of allylic oxidation sites excluding steroid dienone is 1. The highest BCUT2D eigenvalue weighted by atomic mass is 32.2. The molecule has 0 bridgehead atoms. The number of ether oxygens (including phenoxy) is 1. The van der Waals surface area contributed by atoms with Crippen LogP contribution in [0.25, 0.3) is 0 Å². The molecule has 0 unspecified atom stereocenters. The van der Waals surface area contributed by atoms with Gasteiger partial charge in [0, 0.05) is 6.92 Å². The first kappa shape index (κ1) is 14.8. The molecule has 1 atom stereocenters. The molecule has 0 saturated heterocycles. The lowest BCUT2D eigenvalue weighted by molar-refractivity contribution is -0.141. The number of benzene rings is 1. The van der Waals surface area contributed by atoms with Crippen molar-refractivity contribution in [1.82, 2.24) is 0 Å². The molecule has 0 spiro atoms. The number of carbonyl (C=O) groups is 1. The average molecular weight is 294 g/mol. The van der Waals surface area contributed by atoms with Crippen LogP contribution in [0.2, 0.25) is 0 Å². The molecule has 0 aromatic heterocycles. The van der Waals surface area contributed by atoms with Crippen molar-refractivity contribution in [3.05, 3.63) is 42.0 Å². The third-order valence-electron chi connectivity index (χ3n) is 3.26. The molecule has 4 nitrogen and oxygen atoms in total. The molecule has 5 heteroatoms. The molecule has 2 rings (SSSR count). The minimum Gasteiger partial charge on any atom is -0.441 e. The van der Waals surface area contributed by atoms with Gasteiger partial charge in [-0.3, -0.25) is 4.79 Å². The molecule has 0 amide bonds. The smallest absolute Gasteiger partial charge is 0.304 e. The highest BCUT2D eigenvalue weighted by molar-refractivity contribution is 7.92. The molecular formula is C15H18O4S. The Morgan fingerprint density at radius 2 is 1.90 bits per heavy atom. The maximum atomic E-state index is 12.6. The van der Waals surface area contributed by atoms with Crippen molar-refractivity contribution in [2.24, 2.45) is 0 Å². The van der Waals surface area contributed by atoms with E-state index in [2.05, 4.69) is 0 Å². The topological polar surface area (TPSA) is 60.4 Å². The predicted octanol–water partition coefficient (Wildman–Crippen LogP) is 2.85. The van der Waals surface area contributed by atoms with E-state index in [1.54, 1.807) is 18.2 Å². The number of sulfone groups is 1. The summed E-state index contributed by atoms with van der Waals surface area (Å²) in [7, 11) is -3.71. The molecule has 0 heterocycles. The van der Waals surface area contributed by atoms with Gasteiger partial charge in [0.25, 0.3) is 0 Å². The Hall–Kier alpha value is -1.62. The SMILES string of the molecule is CC(=O)O[C@@H](C1=CCCCC1)S(=O)(=O)c1ccccc1. The average Bonchev–Trinajstić information content (AvgIpc) is 2.46. The highest BCUT2D eigenvalue weighted by Crippen LogP contribution is 2.29. The Balaban J connectivity index is 2.40. The van der Waals surface area contributed by atoms with Gasteiger partial charge in [0.2, 0.25) is 15.3 Å². The van der Waals surface area contributed by atoms with Gasteiger partial charge in [0.1, 0.15) is 0 Å². The first-order valence-corrected chi connectivity index (χ1v) is 8.21. The summed E-state index contributed by atoms with van der Waals surface area (Å²) >= 11 is 0. The minimum absolute atomic E-state index is 0.178. The van der Waals surface area contributed by atoms with Crippen LogP contribution in [0.1, 0.15) is 32.6 Å². The summed E-state index contributed by atoms with van der Waals surface area (Å²) in [4.78, 5) is 11.4. The van der Waals surface area contributed by atoms with E-state index in [0.29, 0.717) is 12.0 Å². The summed E-state index contributed by atoms with van der Waals surface area (Å²) in [5, 5.41) is 0. The van der Waals surface area contributed by atoms with E-state index in [1.807, 2.05) is 6.08 Å². The molecule has 1 aliphatic carbocycles. The summed E-state index contributed by atoms with van der Waals surface area (Å²) in [6, 6.07) is 8.12. The summed E-state index contributed by atoms with van der Waals surface area (Å²) in [6.07, 6.45) is 5.34. The van der Waals surface area contributed by atoms with Crippen LogP contribution >= 0.6 is 0 Å². The van der Waals surface area contributed by atoms with Crippen LogP contribution < -0.4 is 0 Å². The van der Waals surface area contributed by atoms with Gasteiger partial charge >= 0.3 is 5.97 Å². The summed E-state index contributed by atoms with van der Waals surface area (Å²) in [6.45, 7) is 1.23. The first-order chi connectivity index (χ1) is 9.51. The second kappa shape index (κ2) is 6.22. The molecule has 0 aliphatic heterocycles.